The van der Waals surface area contributed by atoms with E-state index in [-0.39, 0.29) is 12.5 Å². The molecule has 0 fully saturated rings. The Labute approximate surface area is 99.1 Å². The van der Waals surface area contributed by atoms with E-state index in [0.717, 1.165) is 19.5 Å². The second-order valence-electron chi connectivity index (χ2n) is 4.69. The maximum Gasteiger partial charge on any atom is 0.245 e. The van der Waals surface area contributed by atoms with Gasteiger partial charge in [0.2, 0.25) is 5.91 Å². The van der Waals surface area contributed by atoms with Crippen molar-refractivity contribution in [2.24, 2.45) is 5.92 Å². The first-order valence-corrected chi connectivity index (χ1v) is 6.10. The van der Waals surface area contributed by atoms with Crippen LogP contribution in [0, 0.1) is 5.92 Å². The first-order valence-electron chi connectivity index (χ1n) is 6.10. The van der Waals surface area contributed by atoms with Crippen molar-refractivity contribution in [1.29, 1.82) is 0 Å². The van der Waals surface area contributed by atoms with Crippen LogP contribution in [-0.4, -0.2) is 38.3 Å². The van der Waals surface area contributed by atoms with Crippen LogP contribution in [0.2, 0.25) is 0 Å². The fraction of sp³-hybridized carbons (Fsp3) is 0.917. The largest absolute Gasteiger partial charge is 0.370 e. The molecular formula is C12H26N2O2. The quantitative estimate of drug-likeness (QED) is 0.584. The third kappa shape index (κ3) is 11.5. The first-order chi connectivity index (χ1) is 7.52. The molecule has 0 aliphatic heterocycles. The van der Waals surface area contributed by atoms with Crippen LogP contribution in [0.4, 0.5) is 0 Å². The summed E-state index contributed by atoms with van der Waals surface area (Å²) in [4.78, 5) is 11.3. The number of amides is 1. The van der Waals surface area contributed by atoms with E-state index in [0.29, 0.717) is 18.6 Å². The zero-order valence-corrected chi connectivity index (χ0v) is 11.0. The van der Waals surface area contributed by atoms with Gasteiger partial charge in [-0.05, 0) is 12.3 Å². The van der Waals surface area contributed by atoms with Crippen molar-refractivity contribution >= 4 is 5.91 Å². The Kier molecular flexibility index (Phi) is 9.24. The predicted molar refractivity (Wildman–Crippen MR) is 66.4 cm³/mol. The fourth-order valence-corrected chi connectivity index (χ4v) is 1.14. The Morgan fingerprint density at radius 3 is 2.44 bits per heavy atom. The van der Waals surface area contributed by atoms with Gasteiger partial charge in [-0.2, -0.15) is 0 Å². The normalized spacial score (nSPS) is 11.1. The zero-order valence-electron chi connectivity index (χ0n) is 11.0. The topological polar surface area (TPSA) is 50.4 Å². The van der Waals surface area contributed by atoms with E-state index in [4.69, 9.17) is 4.74 Å². The summed E-state index contributed by atoms with van der Waals surface area (Å²) in [6, 6.07) is 0.462. The van der Waals surface area contributed by atoms with Crippen molar-refractivity contribution in [3.05, 3.63) is 0 Å². The molecule has 0 saturated carbocycles. The Morgan fingerprint density at radius 1 is 1.19 bits per heavy atom. The second-order valence-corrected chi connectivity index (χ2v) is 4.69. The van der Waals surface area contributed by atoms with Crippen LogP contribution in [0.25, 0.3) is 0 Å². The van der Waals surface area contributed by atoms with Crippen molar-refractivity contribution < 1.29 is 9.53 Å². The van der Waals surface area contributed by atoms with E-state index in [1.54, 1.807) is 0 Å². The summed E-state index contributed by atoms with van der Waals surface area (Å²) in [5.74, 6) is 0.599. The number of hydrogen-bond acceptors (Lipinski definition) is 3. The highest BCUT2D eigenvalue weighted by Crippen LogP contribution is 1.95. The van der Waals surface area contributed by atoms with Gasteiger partial charge in [-0.15, -0.1) is 0 Å². The molecule has 4 nitrogen and oxygen atoms in total. The Morgan fingerprint density at radius 2 is 1.88 bits per heavy atom. The maximum atomic E-state index is 11.3. The summed E-state index contributed by atoms with van der Waals surface area (Å²) in [5, 5.41) is 6.05. The van der Waals surface area contributed by atoms with Gasteiger partial charge in [0.25, 0.3) is 0 Å². The minimum absolute atomic E-state index is 0.0230. The second kappa shape index (κ2) is 9.60. The van der Waals surface area contributed by atoms with Crippen molar-refractivity contribution in [3.8, 4) is 0 Å². The summed E-state index contributed by atoms with van der Waals surface area (Å²) in [6.45, 7) is 10.7. The smallest absolute Gasteiger partial charge is 0.245 e. The molecule has 0 rings (SSSR count). The predicted octanol–water partition coefficient (Wildman–Crippen LogP) is 1.16. The summed E-state index contributed by atoms with van der Waals surface area (Å²) in [7, 11) is 0. The van der Waals surface area contributed by atoms with Crippen LogP contribution in [0.1, 0.15) is 34.1 Å². The molecule has 0 atom stereocenters. The first kappa shape index (κ1) is 15.4. The average Bonchev–Trinajstić information content (AvgIpc) is 2.16. The fourth-order valence-electron chi connectivity index (χ4n) is 1.14. The van der Waals surface area contributed by atoms with Crippen molar-refractivity contribution in [2.45, 2.75) is 40.2 Å². The van der Waals surface area contributed by atoms with Crippen LogP contribution < -0.4 is 10.6 Å². The van der Waals surface area contributed by atoms with Crippen LogP contribution in [0.3, 0.4) is 0 Å². The lowest BCUT2D eigenvalue weighted by molar-refractivity contribution is -0.125. The van der Waals surface area contributed by atoms with Gasteiger partial charge in [-0.3, -0.25) is 4.79 Å². The monoisotopic (exact) mass is 230 g/mol. The standard InChI is InChI=1S/C12H26N2O2/c1-10(2)5-6-14-12(15)9-16-8-7-13-11(3)4/h10-11,13H,5-9H2,1-4H3,(H,14,15). The molecular weight excluding hydrogens is 204 g/mol. The van der Waals surface area contributed by atoms with E-state index in [1.807, 2.05) is 0 Å². The van der Waals surface area contributed by atoms with Crippen LogP contribution in [0.15, 0.2) is 0 Å². The zero-order chi connectivity index (χ0) is 12.4. The van der Waals surface area contributed by atoms with Crippen molar-refractivity contribution in [1.82, 2.24) is 10.6 Å². The molecule has 0 radical (unpaired) electrons. The lowest BCUT2D eigenvalue weighted by Crippen LogP contribution is -2.31. The molecule has 0 unspecified atom stereocenters. The summed E-state index contributed by atoms with van der Waals surface area (Å²) in [5.41, 5.74) is 0. The maximum absolute atomic E-state index is 11.3. The minimum Gasteiger partial charge on any atom is -0.370 e. The molecule has 96 valence electrons. The molecule has 0 aliphatic carbocycles. The highest BCUT2D eigenvalue weighted by atomic mass is 16.5. The molecule has 2 N–H and O–H groups in total. The molecule has 4 heteroatoms. The van der Waals surface area contributed by atoms with E-state index < -0.39 is 0 Å². The molecule has 0 heterocycles. The van der Waals surface area contributed by atoms with E-state index >= 15 is 0 Å². The Balaban J connectivity index is 3.24. The molecule has 0 aliphatic rings. The molecule has 0 aromatic carbocycles. The summed E-state index contributed by atoms with van der Waals surface area (Å²) < 4.78 is 5.23. The summed E-state index contributed by atoms with van der Waals surface area (Å²) in [6.07, 6.45) is 1.01. The number of carbonyl (C=O) groups is 1. The minimum atomic E-state index is -0.0230. The van der Waals surface area contributed by atoms with E-state index in [9.17, 15) is 4.79 Å². The van der Waals surface area contributed by atoms with Gasteiger partial charge in [-0.1, -0.05) is 27.7 Å². The number of carbonyl (C=O) groups excluding carboxylic acids is 1. The van der Waals surface area contributed by atoms with Gasteiger partial charge in [-0.25, -0.2) is 0 Å². The molecule has 1 amide bonds. The highest BCUT2D eigenvalue weighted by Gasteiger charge is 2.01. The van der Waals surface area contributed by atoms with Gasteiger partial charge >= 0.3 is 0 Å². The van der Waals surface area contributed by atoms with Gasteiger partial charge in [0.15, 0.2) is 0 Å². The van der Waals surface area contributed by atoms with Gasteiger partial charge in [0.05, 0.1) is 6.61 Å². The lowest BCUT2D eigenvalue weighted by Gasteiger charge is -2.09. The molecule has 0 saturated heterocycles. The molecule has 0 spiro atoms. The molecule has 0 bridgehead atoms. The van der Waals surface area contributed by atoms with Crippen LogP contribution in [0.5, 0.6) is 0 Å². The van der Waals surface area contributed by atoms with Crippen molar-refractivity contribution in [2.75, 3.05) is 26.3 Å². The van der Waals surface area contributed by atoms with Gasteiger partial charge in [0, 0.05) is 19.1 Å². The highest BCUT2D eigenvalue weighted by molar-refractivity contribution is 5.77. The third-order valence-corrected chi connectivity index (χ3v) is 2.08. The Bertz CT molecular complexity index is 182. The van der Waals surface area contributed by atoms with E-state index in [2.05, 4.69) is 38.3 Å². The van der Waals surface area contributed by atoms with Crippen LogP contribution >= 0.6 is 0 Å². The third-order valence-electron chi connectivity index (χ3n) is 2.08. The number of rotatable bonds is 9. The Hall–Kier alpha value is -0.610. The van der Waals surface area contributed by atoms with Gasteiger partial charge < -0.3 is 15.4 Å². The average molecular weight is 230 g/mol. The SMILES string of the molecule is CC(C)CCNC(=O)COCCNC(C)C. The summed E-state index contributed by atoms with van der Waals surface area (Å²) >= 11 is 0. The lowest BCUT2D eigenvalue weighted by atomic mass is 10.1. The number of ether oxygens (including phenoxy) is 1. The van der Waals surface area contributed by atoms with E-state index in [1.165, 1.54) is 0 Å². The molecule has 0 aromatic rings. The molecule has 16 heavy (non-hydrogen) atoms. The number of nitrogens with one attached hydrogen (secondary N) is 2. The van der Waals surface area contributed by atoms with Gasteiger partial charge in [0.1, 0.15) is 6.61 Å². The molecule has 0 aromatic heterocycles. The van der Waals surface area contributed by atoms with Crippen LogP contribution in [-0.2, 0) is 9.53 Å². The number of hydrogen-bond donors (Lipinski definition) is 2. The van der Waals surface area contributed by atoms with Crippen molar-refractivity contribution in [3.63, 3.8) is 0 Å².